The molecule has 0 unspecified atom stereocenters. The van der Waals surface area contributed by atoms with Gasteiger partial charge in [-0.1, -0.05) is 6.07 Å². The summed E-state index contributed by atoms with van der Waals surface area (Å²) in [5.41, 5.74) is 3.08. The minimum Gasteiger partial charge on any atom is -0.379 e. The first-order chi connectivity index (χ1) is 14.1. The van der Waals surface area contributed by atoms with Crippen LogP contribution in [-0.2, 0) is 9.53 Å². The Hall–Kier alpha value is -2.45. The summed E-state index contributed by atoms with van der Waals surface area (Å²) in [4.78, 5) is 31.4. The average molecular weight is 402 g/mol. The zero-order chi connectivity index (χ0) is 20.6. The van der Waals surface area contributed by atoms with E-state index in [4.69, 9.17) is 4.74 Å². The highest BCUT2D eigenvalue weighted by Crippen LogP contribution is 2.15. The molecule has 158 valence electrons. The van der Waals surface area contributed by atoms with Gasteiger partial charge in [-0.25, -0.2) is 4.98 Å². The number of rotatable bonds is 9. The predicted octanol–water partition coefficient (Wildman–Crippen LogP) is 1.30. The SMILES string of the molecule is Cc1nc2c(C)cccn2c1C(=O)NCCCC(=O)NCCCN1CCOCC1. The maximum atomic E-state index is 12.6. The quantitative estimate of drug-likeness (QED) is 0.619. The average Bonchev–Trinajstić information content (AvgIpc) is 3.06. The minimum atomic E-state index is -0.161. The molecule has 0 aliphatic carbocycles. The predicted molar refractivity (Wildman–Crippen MR) is 111 cm³/mol. The van der Waals surface area contributed by atoms with Crippen LogP contribution in [-0.4, -0.2) is 72.0 Å². The number of carbonyl (C=O) groups is 2. The van der Waals surface area contributed by atoms with Crippen LogP contribution in [0, 0.1) is 13.8 Å². The highest BCUT2D eigenvalue weighted by atomic mass is 16.5. The third-order valence-corrected chi connectivity index (χ3v) is 5.18. The maximum Gasteiger partial charge on any atom is 0.270 e. The number of carbonyl (C=O) groups excluding carboxylic acids is 2. The van der Waals surface area contributed by atoms with E-state index in [1.54, 1.807) is 0 Å². The summed E-state index contributed by atoms with van der Waals surface area (Å²) in [5, 5.41) is 5.86. The van der Waals surface area contributed by atoms with Gasteiger partial charge in [-0.2, -0.15) is 0 Å². The third-order valence-electron chi connectivity index (χ3n) is 5.18. The number of hydrogen-bond acceptors (Lipinski definition) is 5. The monoisotopic (exact) mass is 401 g/mol. The molecule has 3 rings (SSSR count). The van der Waals surface area contributed by atoms with Crippen LogP contribution in [0.25, 0.3) is 5.65 Å². The Morgan fingerprint density at radius 3 is 2.69 bits per heavy atom. The number of aryl methyl sites for hydroxylation is 2. The summed E-state index contributed by atoms with van der Waals surface area (Å²) in [6.45, 7) is 9.48. The van der Waals surface area contributed by atoms with Crippen LogP contribution in [0.2, 0.25) is 0 Å². The maximum absolute atomic E-state index is 12.6. The molecule has 0 spiro atoms. The molecule has 0 aromatic carbocycles. The van der Waals surface area contributed by atoms with E-state index in [2.05, 4.69) is 20.5 Å². The Morgan fingerprint density at radius 2 is 1.90 bits per heavy atom. The topological polar surface area (TPSA) is 88.0 Å². The highest BCUT2D eigenvalue weighted by molar-refractivity contribution is 5.94. The lowest BCUT2D eigenvalue weighted by Gasteiger charge is -2.26. The van der Waals surface area contributed by atoms with E-state index in [0.717, 1.165) is 50.5 Å². The summed E-state index contributed by atoms with van der Waals surface area (Å²) in [5.74, 6) is -0.130. The van der Waals surface area contributed by atoms with E-state index < -0.39 is 0 Å². The molecule has 1 fully saturated rings. The van der Waals surface area contributed by atoms with Gasteiger partial charge in [-0.15, -0.1) is 0 Å². The van der Waals surface area contributed by atoms with Gasteiger partial charge in [0, 0.05) is 38.8 Å². The number of imidazole rings is 1. The number of ether oxygens (including phenoxy) is 1. The van der Waals surface area contributed by atoms with E-state index >= 15 is 0 Å². The molecule has 2 amide bonds. The lowest BCUT2D eigenvalue weighted by Crippen LogP contribution is -2.38. The van der Waals surface area contributed by atoms with Crippen molar-refractivity contribution in [1.29, 1.82) is 0 Å². The lowest BCUT2D eigenvalue weighted by molar-refractivity contribution is -0.121. The third kappa shape index (κ3) is 5.77. The van der Waals surface area contributed by atoms with Crippen molar-refractivity contribution in [3.05, 3.63) is 35.3 Å². The molecule has 8 heteroatoms. The van der Waals surface area contributed by atoms with Gasteiger partial charge in [0.05, 0.1) is 18.9 Å². The zero-order valence-electron chi connectivity index (χ0n) is 17.4. The molecule has 0 bridgehead atoms. The van der Waals surface area contributed by atoms with Crippen molar-refractivity contribution in [1.82, 2.24) is 24.9 Å². The molecule has 2 aromatic heterocycles. The van der Waals surface area contributed by atoms with Gasteiger partial charge < -0.3 is 15.4 Å². The first kappa shape index (κ1) is 21.3. The van der Waals surface area contributed by atoms with E-state index in [1.165, 1.54) is 0 Å². The molecular formula is C21H31N5O3. The molecule has 1 aliphatic heterocycles. The van der Waals surface area contributed by atoms with Crippen LogP contribution in [0.4, 0.5) is 0 Å². The molecule has 1 aliphatic rings. The van der Waals surface area contributed by atoms with Crippen LogP contribution < -0.4 is 10.6 Å². The van der Waals surface area contributed by atoms with Gasteiger partial charge in [0.1, 0.15) is 11.3 Å². The van der Waals surface area contributed by atoms with Gasteiger partial charge in [-0.3, -0.25) is 18.9 Å². The smallest absolute Gasteiger partial charge is 0.270 e. The van der Waals surface area contributed by atoms with Crippen molar-refractivity contribution in [2.45, 2.75) is 33.1 Å². The molecule has 2 N–H and O–H groups in total. The Kier molecular flexibility index (Phi) is 7.60. The number of nitrogens with zero attached hydrogens (tertiary/aromatic N) is 3. The molecule has 29 heavy (non-hydrogen) atoms. The fourth-order valence-electron chi connectivity index (χ4n) is 3.57. The lowest BCUT2D eigenvalue weighted by atomic mass is 10.2. The molecule has 0 atom stereocenters. The second kappa shape index (κ2) is 10.4. The van der Waals surface area contributed by atoms with Crippen molar-refractivity contribution in [3.8, 4) is 0 Å². The first-order valence-corrected chi connectivity index (χ1v) is 10.4. The van der Waals surface area contributed by atoms with Gasteiger partial charge in [0.2, 0.25) is 5.91 Å². The number of nitrogens with one attached hydrogen (secondary N) is 2. The minimum absolute atomic E-state index is 0.0304. The molecule has 0 radical (unpaired) electrons. The van der Waals surface area contributed by atoms with Crippen molar-refractivity contribution in [2.75, 3.05) is 45.9 Å². The number of aromatic nitrogens is 2. The number of fused-ring (bicyclic) bond motifs is 1. The fraction of sp³-hybridized carbons (Fsp3) is 0.571. The summed E-state index contributed by atoms with van der Waals surface area (Å²) in [6, 6.07) is 3.88. The van der Waals surface area contributed by atoms with Gasteiger partial charge in [0.25, 0.3) is 5.91 Å². The normalized spacial score (nSPS) is 14.8. The molecular weight excluding hydrogens is 370 g/mol. The second-order valence-corrected chi connectivity index (χ2v) is 7.45. The highest BCUT2D eigenvalue weighted by Gasteiger charge is 2.17. The van der Waals surface area contributed by atoms with Crippen LogP contribution in [0.5, 0.6) is 0 Å². The number of amides is 2. The van der Waals surface area contributed by atoms with Crippen molar-refractivity contribution >= 4 is 17.5 Å². The summed E-state index contributed by atoms with van der Waals surface area (Å²) in [6.07, 6.45) is 3.80. The first-order valence-electron chi connectivity index (χ1n) is 10.4. The number of pyridine rings is 1. The van der Waals surface area contributed by atoms with Gasteiger partial charge >= 0.3 is 0 Å². The van der Waals surface area contributed by atoms with Crippen LogP contribution in [0.3, 0.4) is 0 Å². The van der Waals surface area contributed by atoms with Crippen molar-refractivity contribution < 1.29 is 14.3 Å². The Bertz CT molecular complexity index is 842. The van der Waals surface area contributed by atoms with Crippen LogP contribution in [0.1, 0.15) is 41.0 Å². The van der Waals surface area contributed by atoms with Crippen molar-refractivity contribution in [3.63, 3.8) is 0 Å². The number of hydrogen-bond donors (Lipinski definition) is 2. The van der Waals surface area contributed by atoms with E-state index in [0.29, 0.717) is 37.3 Å². The molecule has 0 saturated carbocycles. The fourth-order valence-corrected chi connectivity index (χ4v) is 3.57. The summed E-state index contributed by atoms with van der Waals surface area (Å²) < 4.78 is 7.15. The van der Waals surface area contributed by atoms with Gasteiger partial charge in [-0.05, 0) is 44.9 Å². The molecule has 8 nitrogen and oxygen atoms in total. The number of morpholine rings is 1. The summed E-state index contributed by atoms with van der Waals surface area (Å²) >= 11 is 0. The van der Waals surface area contributed by atoms with Crippen molar-refractivity contribution in [2.24, 2.45) is 0 Å². The Balaban J connectivity index is 1.34. The van der Waals surface area contributed by atoms with Crippen LogP contribution >= 0.6 is 0 Å². The van der Waals surface area contributed by atoms with Crippen LogP contribution in [0.15, 0.2) is 18.3 Å². The van der Waals surface area contributed by atoms with E-state index in [9.17, 15) is 9.59 Å². The Labute approximate surface area is 171 Å². The Morgan fingerprint density at radius 1 is 1.14 bits per heavy atom. The molecule has 3 heterocycles. The van der Waals surface area contributed by atoms with Gasteiger partial charge in [0.15, 0.2) is 0 Å². The second-order valence-electron chi connectivity index (χ2n) is 7.45. The summed E-state index contributed by atoms with van der Waals surface area (Å²) in [7, 11) is 0. The largest absolute Gasteiger partial charge is 0.379 e. The van der Waals surface area contributed by atoms with E-state index in [-0.39, 0.29) is 11.8 Å². The van der Waals surface area contributed by atoms with E-state index in [1.807, 2.05) is 36.6 Å². The molecule has 2 aromatic rings. The standard InChI is InChI=1S/C21H31N5O3/c1-16-6-4-11-26-19(17(2)24-20(16)26)21(28)23-8-3-7-18(27)22-9-5-10-25-12-14-29-15-13-25/h4,6,11H,3,5,7-10,12-15H2,1-2H3,(H,22,27)(H,23,28). The molecule has 1 saturated heterocycles. The zero-order valence-corrected chi connectivity index (χ0v) is 17.4.